The van der Waals surface area contributed by atoms with Gasteiger partial charge in [-0.15, -0.1) is 0 Å². The Balaban J connectivity index is 3.01. The molecule has 1 aromatic rings. The summed E-state index contributed by atoms with van der Waals surface area (Å²) >= 11 is 0. The molecule has 2 heteroatoms. The third kappa shape index (κ3) is 3.58. The van der Waals surface area contributed by atoms with E-state index in [1.54, 1.807) is 0 Å². The summed E-state index contributed by atoms with van der Waals surface area (Å²) in [5.74, 6) is 0.978. The monoisotopic (exact) mass is 234 g/mol. The van der Waals surface area contributed by atoms with Gasteiger partial charge in [0.25, 0.3) is 0 Å². The SMILES string of the molecule is CCCC(C)C(=O)c1cc(C)ccc1OCC. The van der Waals surface area contributed by atoms with Gasteiger partial charge in [0.15, 0.2) is 5.78 Å². The third-order valence-electron chi connectivity index (χ3n) is 2.87. The number of hydrogen-bond donors (Lipinski definition) is 0. The lowest BCUT2D eigenvalue weighted by Crippen LogP contribution is -2.13. The summed E-state index contributed by atoms with van der Waals surface area (Å²) in [7, 11) is 0. The number of aryl methyl sites for hydroxylation is 1. The van der Waals surface area contributed by atoms with Crippen molar-refractivity contribution in [2.75, 3.05) is 6.61 Å². The van der Waals surface area contributed by atoms with Gasteiger partial charge >= 0.3 is 0 Å². The normalized spacial score (nSPS) is 12.2. The lowest BCUT2D eigenvalue weighted by molar-refractivity contribution is 0.0919. The van der Waals surface area contributed by atoms with Crippen molar-refractivity contribution in [1.82, 2.24) is 0 Å². The molecule has 1 atom stereocenters. The van der Waals surface area contributed by atoms with Crippen molar-refractivity contribution in [3.63, 3.8) is 0 Å². The van der Waals surface area contributed by atoms with Gasteiger partial charge in [0.2, 0.25) is 0 Å². The summed E-state index contributed by atoms with van der Waals surface area (Å²) in [6, 6.07) is 5.80. The molecule has 1 unspecified atom stereocenters. The van der Waals surface area contributed by atoms with Crippen LogP contribution in [-0.4, -0.2) is 12.4 Å². The maximum absolute atomic E-state index is 12.3. The number of ketones is 1. The van der Waals surface area contributed by atoms with Gasteiger partial charge in [-0.3, -0.25) is 4.79 Å². The second-order valence-electron chi connectivity index (χ2n) is 4.49. The summed E-state index contributed by atoms with van der Waals surface area (Å²) in [6.07, 6.45) is 1.96. The van der Waals surface area contributed by atoms with Crippen LogP contribution in [-0.2, 0) is 0 Å². The zero-order valence-electron chi connectivity index (χ0n) is 11.2. The molecule has 0 aliphatic heterocycles. The second-order valence-corrected chi connectivity index (χ2v) is 4.49. The number of carbonyl (C=O) groups excluding carboxylic acids is 1. The topological polar surface area (TPSA) is 26.3 Å². The predicted molar refractivity (Wildman–Crippen MR) is 70.8 cm³/mol. The van der Waals surface area contributed by atoms with E-state index < -0.39 is 0 Å². The molecule has 17 heavy (non-hydrogen) atoms. The molecular weight excluding hydrogens is 212 g/mol. The summed E-state index contributed by atoms with van der Waals surface area (Å²) < 4.78 is 5.52. The Kier molecular flexibility index (Phi) is 5.20. The van der Waals surface area contributed by atoms with Crippen molar-refractivity contribution in [3.8, 4) is 5.75 Å². The van der Waals surface area contributed by atoms with Crippen LogP contribution in [0.1, 0.15) is 49.5 Å². The van der Waals surface area contributed by atoms with E-state index in [2.05, 4.69) is 6.92 Å². The summed E-state index contributed by atoms with van der Waals surface area (Å²) in [6.45, 7) is 8.61. The van der Waals surface area contributed by atoms with Gasteiger partial charge in [-0.1, -0.05) is 31.9 Å². The van der Waals surface area contributed by atoms with Crippen LogP contribution in [0.3, 0.4) is 0 Å². The fourth-order valence-corrected chi connectivity index (χ4v) is 1.95. The number of benzene rings is 1. The van der Waals surface area contributed by atoms with Crippen LogP contribution in [0.2, 0.25) is 0 Å². The standard InChI is InChI=1S/C15H22O2/c1-5-7-12(4)15(16)13-10-11(3)8-9-14(13)17-6-2/h8-10,12H,5-7H2,1-4H3. The second kappa shape index (κ2) is 6.43. The number of ether oxygens (including phenoxy) is 1. The molecule has 0 heterocycles. The summed E-state index contributed by atoms with van der Waals surface area (Å²) in [5, 5.41) is 0. The zero-order valence-corrected chi connectivity index (χ0v) is 11.2. The molecule has 0 radical (unpaired) electrons. The molecule has 1 aromatic carbocycles. The quantitative estimate of drug-likeness (QED) is 0.695. The Morgan fingerprint density at radius 2 is 2.06 bits per heavy atom. The highest BCUT2D eigenvalue weighted by molar-refractivity contribution is 6.00. The molecule has 0 aliphatic rings. The molecular formula is C15H22O2. The minimum Gasteiger partial charge on any atom is -0.493 e. The molecule has 0 spiro atoms. The minimum atomic E-state index is 0.0704. The number of rotatable bonds is 6. The van der Waals surface area contributed by atoms with Crippen LogP contribution < -0.4 is 4.74 Å². The highest BCUT2D eigenvalue weighted by Crippen LogP contribution is 2.24. The first-order valence-corrected chi connectivity index (χ1v) is 6.37. The van der Waals surface area contributed by atoms with Crippen molar-refractivity contribution in [2.24, 2.45) is 5.92 Å². The minimum absolute atomic E-state index is 0.0704. The van der Waals surface area contributed by atoms with E-state index >= 15 is 0 Å². The summed E-state index contributed by atoms with van der Waals surface area (Å²) in [4.78, 5) is 12.3. The smallest absolute Gasteiger partial charge is 0.169 e. The first-order chi connectivity index (χ1) is 8.10. The highest BCUT2D eigenvalue weighted by atomic mass is 16.5. The molecule has 0 saturated heterocycles. The molecule has 0 bridgehead atoms. The van der Waals surface area contributed by atoms with Crippen LogP contribution in [0, 0.1) is 12.8 Å². The molecule has 1 rings (SSSR count). The van der Waals surface area contributed by atoms with E-state index in [1.165, 1.54) is 0 Å². The fraction of sp³-hybridized carbons (Fsp3) is 0.533. The Labute approximate surface area is 104 Å². The molecule has 0 aliphatic carbocycles. The van der Waals surface area contributed by atoms with Crippen LogP contribution in [0.15, 0.2) is 18.2 Å². The number of carbonyl (C=O) groups is 1. The Hall–Kier alpha value is -1.31. The van der Waals surface area contributed by atoms with Crippen molar-refractivity contribution in [2.45, 2.75) is 40.5 Å². The van der Waals surface area contributed by atoms with E-state index in [0.717, 1.165) is 24.0 Å². The Morgan fingerprint density at radius 3 is 2.65 bits per heavy atom. The largest absolute Gasteiger partial charge is 0.493 e. The van der Waals surface area contributed by atoms with Gasteiger partial charge in [0, 0.05) is 5.92 Å². The maximum atomic E-state index is 12.3. The van der Waals surface area contributed by atoms with E-state index in [0.29, 0.717) is 12.4 Å². The fourth-order valence-electron chi connectivity index (χ4n) is 1.95. The predicted octanol–water partition coefficient (Wildman–Crippen LogP) is 4.01. The van der Waals surface area contributed by atoms with Crippen LogP contribution in [0.5, 0.6) is 5.75 Å². The van der Waals surface area contributed by atoms with Crippen LogP contribution in [0.4, 0.5) is 0 Å². The maximum Gasteiger partial charge on any atom is 0.169 e. The highest BCUT2D eigenvalue weighted by Gasteiger charge is 2.18. The van der Waals surface area contributed by atoms with Gasteiger partial charge in [-0.2, -0.15) is 0 Å². The van der Waals surface area contributed by atoms with Crippen molar-refractivity contribution < 1.29 is 9.53 Å². The molecule has 94 valence electrons. The van der Waals surface area contributed by atoms with Crippen molar-refractivity contribution >= 4 is 5.78 Å². The molecule has 0 fully saturated rings. The first kappa shape index (κ1) is 13.8. The van der Waals surface area contributed by atoms with Gasteiger partial charge in [0.05, 0.1) is 12.2 Å². The number of Topliss-reactive ketones (excluding diaryl/α,β-unsaturated/α-hetero) is 1. The van der Waals surface area contributed by atoms with Crippen LogP contribution >= 0.6 is 0 Å². The van der Waals surface area contributed by atoms with Crippen LogP contribution in [0.25, 0.3) is 0 Å². The van der Waals surface area contributed by atoms with Gasteiger partial charge in [-0.25, -0.2) is 0 Å². The van der Waals surface area contributed by atoms with Gasteiger partial charge in [0.1, 0.15) is 5.75 Å². The average molecular weight is 234 g/mol. The molecule has 0 saturated carbocycles. The molecule has 0 N–H and O–H groups in total. The van der Waals surface area contributed by atoms with E-state index in [1.807, 2.05) is 39.0 Å². The Morgan fingerprint density at radius 1 is 1.35 bits per heavy atom. The summed E-state index contributed by atoms with van der Waals surface area (Å²) in [5.41, 5.74) is 1.83. The molecule has 0 amide bonds. The molecule has 2 nitrogen and oxygen atoms in total. The molecule has 0 aromatic heterocycles. The zero-order chi connectivity index (χ0) is 12.8. The van der Waals surface area contributed by atoms with E-state index in [9.17, 15) is 4.79 Å². The number of hydrogen-bond acceptors (Lipinski definition) is 2. The van der Waals surface area contributed by atoms with E-state index in [-0.39, 0.29) is 11.7 Å². The van der Waals surface area contributed by atoms with Gasteiger partial charge in [-0.05, 0) is 32.4 Å². The lowest BCUT2D eigenvalue weighted by Gasteiger charge is -2.14. The van der Waals surface area contributed by atoms with Crippen molar-refractivity contribution in [3.05, 3.63) is 29.3 Å². The lowest BCUT2D eigenvalue weighted by atomic mass is 9.94. The van der Waals surface area contributed by atoms with Crippen molar-refractivity contribution in [1.29, 1.82) is 0 Å². The first-order valence-electron chi connectivity index (χ1n) is 6.37. The third-order valence-corrected chi connectivity index (χ3v) is 2.87. The average Bonchev–Trinajstić information content (AvgIpc) is 2.31. The Bertz CT molecular complexity index is 383. The van der Waals surface area contributed by atoms with E-state index in [4.69, 9.17) is 4.74 Å². The van der Waals surface area contributed by atoms with Gasteiger partial charge < -0.3 is 4.74 Å².